The molecule has 0 bridgehead atoms. The van der Waals surface area contributed by atoms with Crippen molar-refractivity contribution in [1.82, 2.24) is 4.98 Å². The molecular formula is C15H15ClIN3O. The summed E-state index contributed by atoms with van der Waals surface area (Å²) in [5.41, 5.74) is 7.63. The third kappa shape index (κ3) is 4.31. The molecule has 0 atom stereocenters. The number of amides is 1. The number of benzene rings is 1. The van der Waals surface area contributed by atoms with Crippen molar-refractivity contribution in [2.45, 2.75) is 19.8 Å². The molecular weight excluding hydrogens is 401 g/mol. The highest BCUT2D eigenvalue weighted by atomic mass is 127. The second-order valence-electron chi connectivity index (χ2n) is 4.60. The first-order valence-corrected chi connectivity index (χ1v) is 7.98. The minimum Gasteiger partial charge on any atom is -0.384 e. The molecule has 0 aliphatic heterocycles. The molecule has 0 aliphatic carbocycles. The summed E-state index contributed by atoms with van der Waals surface area (Å²) in [6.45, 7) is 2.05. The Balaban J connectivity index is 2.23. The molecule has 1 aromatic carbocycles. The molecule has 3 N–H and O–H groups in total. The van der Waals surface area contributed by atoms with Crippen LogP contribution in [0.1, 0.15) is 29.4 Å². The maximum Gasteiger partial charge on any atom is 0.255 e. The Labute approximate surface area is 142 Å². The molecule has 4 nitrogen and oxygen atoms in total. The number of aryl methyl sites for hydroxylation is 1. The summed E-state index contributed by atoms with van der Waals surface area (Å²) < 4.78 is 1.01. The maximum absolute atomic E-state index is 12.3. The number of pyridine rings is 1. The van der Waals surface area contributed by atoms with E-state index in [0.29, 0.717) is 22.1 Å². The lowest BCUT2D eigenvalue weighted by molar-refractivity contribution is 0.102. The van der Waals surface area contributed by atoms with Crippen LogP contribution in [0.25, 0.3) is 0 Å². The van der Waals surface area contributed by atoms with Crippen LogP contribution in [0.2, 0.25) is 5.02 Å². The average Bonchev–Trinajstić information content (AvgIpc) is 2.41. The smallest absolute Gasteiger partial charge is 0.255 e. The Hall–Kier alpha value is -1.34. The van der Waals surface area contributed by atoms with Crippen molar-refractivity contribution in [2.24, 2.45) is 0 Å². The van der Waals surface area contributed by atoms with Crippen molar-refractivity contribution in [1.29, 1.82) is 0 Å². The van der Waals surface area contributed by atoms with Gasteiger partial charge in [0, 0.05) is 14.8 Å². The van der Waals surface area contributed by atoms with Gasteiger partial charge < -0.3 is 11.1 Å². The number of rotatable bonds is 4. The highest BCUT2D eigenvalue weighted by Gasteiger charge is 2.11. The first kappa shape index (κ1) is 16.0. The summed E-state index contributed by atoms with van der Waals surface area (Å²) >= 11 is 8.28. The molecule has 0 saturated carbocycles. The molecule has 0 aliphatic rings. The Kier molecular flexibility index (Phi) is 5.41. The zero-order valence-electron chi connectivity index (χ0n) is 11.5. The second-order valence-corrected chi connectivity index (χ2v) is 6.25. The SMILES string of the molecule is CCCc1cc(C(=O)Nc2ccc(I)cc2Cl)cc(N)n1. The standard InChI is InChI=1S/C15H15ClIN3O/c1-2-3-11-6-9(7-14(18)19-11)15(21)20-13-5-4-10(17)8-12(13)16/h4-8H,2-3H2,1H3,(H2,18,19)(H,20,21). The van der Waals surface area contributed by atoms with Crippen LogP contribution < -0.4 is 11.1 Å². The Bertz CT molecular complexity index is 676. The quantitative estimate of drug-likeness (QED) is 0.738. The van der Waals surface area contributed by atoms with Crippen LogP contribution in [0, 0.1) is 3.57 Å². The minimum absolute atomic E-state index is 0.246. The monoisotopic (exact) mass is 415 g/mol. The third-order valence-corrected chi connectivity index (χ3v) is 3.83. The largest absolute Gasteiger partial charge is 0.384 e. The molecule has 1 aromatic heterocycles. The van der Waals surface area contributed by atoms with Gasteiger partial charge in [-0.15, -0.1) is 0 Å². The fraction of sp³-hybridized carbons (Fsp3) is 0.200. The number of carbonyl (C=O) groups excluding carboxylic acids is 1. The topological polar surface area (TPSA) is 68.0 Å². The van der Waals surface area contributed by atoms with E-state index in [1.807, 2.05) is 6.07 Å². The van der Waals surface area contributed by atoms with Crippen molar-refractivity contribution < 1.29 is 4.79 Å². The van der Waals surface area contributed by atoms with E-state index in [1.54, 1.807) is 24.3 Å². The third-order valence-electron chi connectivity index (χ3n) is 2.85. The molecule has 110 valence electrons. The summed E-state index contributed by atoms with van der Waals surface area (Å²) in [5, 5.41) is 3.30. The molecule has 0 fully saturated rings. The van der Waals surface area contributed by atoms with Crippen LogP contribution >= 0.6 is 34.2 Å². The Morgan fingerprint density at radius 3 is 2.81 bits per heavy atom. The molecule has 1 amide bonds. The maximum atomic E-state index is 12.3. The average molecular weight is 416 g/mol. The number of anilines is 2. The molecule has 0 radical (unpaired) electrons. The van der Waals surface area contributed by atoms with Crippen LogP contribution in [0.4, 0.5) is 11.5 Å². The summed E-state index contributed by atoms with van der Waals surface area (Å²) in [5.74, 6) is 0.101. The summed E-state index contributed by atoms with van der Waals surface area (Å²) in [6, 6.07) is 8.77. The van der Waals surface area contributed by atoms with Gasteiger partial charge in [-0.3, -0.25) is 4.79 Å². The van der Waals surface area contributed by atoms with Gasteiger partial charge in [-0.2, -0.15) is 0 Å². The van der Waals surface area contributed by atoms with E-state index in [-0.39, 0.29) is 5.91 Å². The zero-order chi connectivity index (χ0) is 15.4. The molecule has 2 aromatic rings. The van der Waals surface area contributed by atoms with Gasteiger partial charge in [0.15, 0.2) is 0 Å². The van der Waals surface area contributed by atoms with Crippen molar-refractivity contribution in [3.63, 3.8) is 0 Å². The lowest BCUT2D eigenvalue weighted by Crippen LogP contribution is -2.14. The first-order valence-electron chi connectivity index (χ1n) is 6.52. The van der Waals surface area contributed by atoms with Crippen molar-refractivity contribution in [3.05, 3.63) is 50.2 Å². The predicted molar refractivity (Wildman–Crippen MR) is 94.8 cm³/mol. The van der Waals surface area contributed by atoms with E-state index >= 15 is 0 Å². The number of nitrogens with one attached hydrogen (secondary N) is 1. The van der Waals surface area contributed by atoms with Gasteiger partial charge >= 0.3 is 0 Å². The molecule has 21 heavy (non-hydrogen) atoms. The number of nitrogens with two attached hydrogens (primary N) is 1. The molecule has 1 heterocycles. The molecule has 0 saturated heterocycles. The summed E-state index contributed by atoms with van der Waals surface area (Å²) in [7, 11) is 0. The van der Waals surface area contributed by atoms with Crippen molar-refractivity contribution in [3.8, 4) is 0 Å². The Morgan fingerprint density at radius 2 is 2.14 bits per heavy atom. The number of nitrogen functional groups attached to an aromatic ring is 1. The Morgan fingerprint density at radius 1 is 1.38 bits per heavy atom. The zero-order valence-corrected chi connectivity index (χ0v) is 14.4. The number of carbonyl (C=O) groups is 1. The van der Waals surface area contributed by atoms with Crippen LogP contribution in [-0.2, 0) is 6.42 Å². The van der Waals surface area contributed by atoms with Gasteiger partial charge in [-0.05, 0) is 59.3 Å². The number of hydrogen-bond donors (Lipinski definition) is 2. The highest BCUT2D eigenvalue weighted by molar-refractivity contribution is 14.1. The van der Waals surface area contributed by atoms with E-state index in [4.69, 9.17) is 17.3 Å². The summed E-state index contributed by atoms with van der Waals surface area (Å²) in [4.78, 5) is 16.5. The number of hydrogen-bond acceptors (Lipinski definition) is 3. The molecule has 2 rings (SSSR count). The van der Waals surface area contributed by atoms with Crippen molar-refractivity contribution >= 4 is 51.6 Å². The van der Waals surface area contributed by atoms with Gasteiger partial charge in [-0.1, -0.05) is 24.9 Å². The van der Waals surface area contributed by atoms with Crippen molar-refractivity contribution in [2.75, 3.05) is 11.1 Å². The lowest BCUT2D eigenvalue weighted by atomic mass is 10.1. The second kappa shape index (κ2) is 7.09. The van der Waals surface area contributed by atoms with Gasteiger partial charge in [0.05, 0.1) is 10.7 Å². The minimum atomic E-state index is -0.246. The van der Waals surface area contributed by atoms with E-state index in [0.717, 1.165) is 22.1 Å². The van der Waals surface area contributed by atoms with E-state index in [2.05, 4.69) is 39.8 Å². The van der Waals surface area contributed by atoms with Gasteiger partial charge in [-0.25, -0.2) is 4.98 Å². The fourth-order valence-corrected chi connectivity index (χ4v) is 2.81. The first-order chi connectivity index (χ1) is 9.99. The van der Waals surface area contributed by atoms with Crippen LogP contribution in [-0.4, -0.2) is 10.9 Å². The van der Waals surface area contributed by atoms with Crippen LogP contribution in [0.15, 0.2) is 30.3 Å². The number of halogens is 2. The van der Waals surface area contributed by atoms with E-state index in [1.165, 1.54) is 0 Å². The van der Waals surface area contributed by atoms with Crippen LogP contribution in [0.5, 0.6) is 0 Å². The summed E-state index contributed by atoms with van der Waals surface area (Å²) in [6.07, 6.45) is 1.73. The van der Waals surface area contributed by atoms with Gasteiger partial charge in [0.25, 0.3) is 5.91 Å². The molecule has 6 heteroatoms. The predicted octanol–water partition coefficient (Wildman–Crippen LogP) is 4.13. The lowest BCUT2D eigenvalue weighted by Gasteiger charge is -2.09. The van der Waals surface area contributed by atoms with Crippen LogP contribution in [0.3, 0.4) is 0 Å². The number of nitrogens with zero attached hydrogens (tertiary/aromatic N) is 1. The van der Waals surface area contributed by atoms with E-state index in [9.17, 15) is 4.79 Å². The van der Waals surface area contributed by atoms with Gasteiger partial charge in [0.2, 0.25) is 0 Å². The van der Waals surface area contributed by atoms with E-state index < -0.39 is 0 Å². The highest BCUT2D eigenvalue weighted by Crippen LogP contribution is 2.24. The fourth-order valence-electron chi connectivity index (χ4n) is 1.91. The normalized spacial score (nSPS) is 10.4. The molecule has 0 unspecified atom stereocenters. The van der Waals surface area contributed by atoms with Gasteiger partial charge in [0.1, 0.15) is 5.82 Å². The molecule has 0 spiro atoms. The number of aromatic nitrogens is 1.